The highest BCUT2D eigenvalue weighted by atomic mass is 16.6. The Kier molecular flexibility index (Phi) is 4.57. The summed E-state index contributed by atoms with van der Waals surface area (Å²) in [4.78, 5) is 15.0. The van der Waals surface area contributed by atoms with Gasteiger partial charge in [0.05, 0.1) is 4.92 Å². The van der Waals surface area contributed by atoms with E-state index in [1.807, 2.05) is 19.2 Å². The van der Waals surface area contributed by atoms with Gasteiger partial charge in [-0.1, -0.05) is 19.9 Å². The van der Waals surface area contributed by atoms with E-state index in [-0.39, 0.29) is 10.6 Å². The third kappa shape index (κ3) is 3.39. The standard InChI is InChI=1S/C15H20N4O2/c1-4-16-13-9-12(5-6-14(13)19(20)21)10-18-8-7-17-15(18)11(2)3/h5-9,11,16H,4,10H2,1-3H3. The molecule has 0 spiro atoms. The van der Waals surface area contributed by atoms with Crippen LogP contribution in [0.2, 0.25) is 0 Å². The van der Waals surface area contributed by atoms with Gasteiger partial charge in [0.2, 0.25) is 0 Å². The summed E-state index contributed by atoms with van der Waals surface area (Å²) in [6, 6.07) is 5.19. The lowest BCUT2D eigenvalue weighted by Crippen LogP contribution is -2.07. The number of rotatable bonds is 6. The molecule has 0 radical (unpaired) electrons. The van der Waals surface area contributed by atoms with Gasteiger partial charge in [-0.2, -0.15) is 0 Å². The first kappa shape index (κ1) is 15.0. The maximum atomic E-state index is 11.0. The van der Waals surface area contributed by atoms with Crippen LogP contribution >= 0.6 is 0 Å². The van der Waals surface area contributed by atoms with Crippen LogP contribution in [0.5, 0.6) is 0 Å². The van der Waals surface area contributed by atoms with Gasteiger partial charge in [0, 0.05) is 37.5 Å². The van der Waals surface area contributed by atoms with E-state index in [0.29, 0.717) is 24.7 Å². The Balaban J connectivity index is 2.30. The Hall–Kier alpha value is -2.37. The molecule has 112 valence electrons. The molecule has 6 nitrogen and oxygen atoms in total. The number of anilines is 1. The normalized spacial score (nSPS) is 10.9. The molecule has 0 fully saturated rings. The summed E-state index contributed by atoms with van der Waals surface area (Å²) in [5, 5.41) is 14.1. The van der Waals surface area contributed by atoms with E-state index in [4.69, 9.17) is 0 Å². The SMILES string of the molecule is CCNc1cc(Cn2ccnc2C(C)C)ccc1[N+](=O)[O-]. The zero-order chi connectivity index (χ0) is 15.4. The van der Waals surface area contributed by atoms with Crippen molar-refractivity contribution >= 4 is 11.4 Å². The molecule has 6 heteroatoms. The largest absolute Gasteiger partial charge is 0.380 e. The van der Waals surface area contributed by atoms with Gasteiger partial charge in [-0.25, -0.2) is 4.98 Å². The summed E-state index contributed by atoms with van der Waals surface area (Å²) in [7, 11) is 0. The van der Waals surface area contributed by atoms with E-state index in [2.05, 4.69) is 28.7 Å². The molecular weight excluding hydrogens is 268 g/mol. The van der Waals surface area contributed by atoms with Crippen molar-refractivity contribution in [3.05, 3.63) is 52.1 Å². The van der Waals surface area contributed by atoms with Gasteiger partial charge in [-0.15, -0.1) is 0 Å². The molecule has 2 aromatic rings. The van der Waals surface area contributed by atoms with Crippen molar-refractivity contribution in [2.24, 2.45) is 0 Å². The predicted molar refractivity (Wildman–Crippen MR) is 82.7 cm³/mol. The maximum Gasteiger partial charge on any atom is 0.292 e. The number of hydrogen-bond acceptors (Lipinski definition) is 4. The third-order valence-corrected chi connectivity index (χ3v) is 3.24. The van der Waals surface area contributed by atoms with E-state index in [1.165, 1.54) is 0 Å². The van der Waals surface area contributed by atoms with Gasteiger partial charge < -0.3 is 9.88 Å². The van der Waals surface area contributed by atoms with Crippen molar-refractivity contribution in [1.82, 2.24) is 9.55 Å². The maximum absolute atomic E-state index is 11.0. The minimum absolute atomic E-state index is 0.107. The second kappa shape index (κ2) is 6.39. The molecule has 1 heterocycles. The Bertz CT molecular complexity index is 634. The first-order chi connectivity index (χ1) is 10.0. The molecule has 2 rings (SSSR count). The minimum Gasteiger partial charge on any atom is -0.380 e. The summed E-state index contributed by atoms with van der Waals surface area (Å²) in [5.41, 5.74) is 1.68. The Morgan fingerprint density at radius 1 is 1.43 bits per heavy atom. The molecule has 0 unspecified atom stereocenters. The molecular formula is C15H20N4O2. The molecule has 1 N–H and O–H groups in total. The molecule has 0 bridgehead atoms. The molecule has 0 atom stereocenters. The Morgan fingerprint density at radius 2 is 2.19 bits per heavy atom. The molecule has 0 aliphatic carbocycles. The fourth-order valence-corrected chi connectivity index (χ4v) is 2.32. The molecule has 0 aliphatic rings. The zero-order valence-electron chi connectivity index (χ0n) is 12.5. The average Bonchev–Trinajstić information content (AvgIpc) is 2.87. The van der Waals surface area contributed by atoms with Gasteiger partial charge in [-0.05, 0) is 18.6 Å². The highest BCUT2D eigenvalue weighted by Crippen LogP contribution is 2.26. The van der Waals surface area contributed by atoms with E-state index >= 15 is 0 Å². The van der Waals surface area contributed by atoms with Gasteiger partial charge in [-0.3, -0.25) is 10.1 Å². The lowest BCUT2D eigenvalue weighted by atomic mass is 10.1. The lowest BCUT2D eigenvalue weighted by molar-refractivity contribution is -0.384. The van der Waals surface area contributed by atoms with Crippen molar-refractivity contribution in [3.63, 3.8) is 0 Å². The van der Waals surface area contributed by atoms with Crippen LogP contribution in [-0.2, 0) is 6.54 Å². The smallest absolute Gasteiger partial charge is 0.292 e. The molecule has 0 saturated carbocycles. The van der Waals surface area contributed by atoms with Crippen molar-refractivity contribution in [1.29, 1.82) is 0 Å². The minimum atomic E-state index is -0.363. The van der Waals surface area contributed by atoms with E-state index in [9.17, 15) is 10.1 Å². The van der Waals surface area contributed by atoms with E-state index < -0.39 is 0 Å². The molecule has 0 amide bonds. The molecule has 1 aromatic heterocycles. The number of nitrogens with one attached hydrogen (secondary N) is 1. The highest BCUT2D eigenvalue weighted by molar-refractivity contribution is 5.62. The number of imidazole rings is 1. The van der Waals surface area contributed by atoms with Crippen LogP contribution in [0, 0.1) is 10.1 Å². The van der Waals surface area contributed by atoms with E-state index in [1.54, 1.807) is 18.3 Å². The number of nitro groups is 1. The van der Waals surface area contributed by atoms with E-state index in [0.717, 1.165) is 11.4 Å². The predicted octanol–water partition coefficient (Wildman–Crippen LogP) is 3.39. The third-order valence-electron chi connectivity index (χ3n) is 3.24. The fourth-order valence-electron chi connectivity index (χ4n) is 2.32. The topological polar surface area (TPSA) is 73.0 Å². The van der Waals surface area contributed by atoms with Gasteiger partial charge in [0.15, 0.2) is 0 Å². The fraction of sp³-hybridized carbons (Fsp3) is 0.400. The summed E-state index contributed by atoms with van der Waals surface area (Å²) in [6.07, 6.45) is 3.72. The molecule has 0 saturated heterocycles. The number of nitro benzene ring substituents is 1. The second-order valence-electron chi connectivity index (χ2n) is 5.21. The summed E-state index contributed by atoms with van der Waals surface area (Å²) >= 11 is 0. The quantitative estimate of drug-likeness (QED) is 0.653. The van der Waals surface area contributed by atoms with Crippen LogP contribution in [0.15, 0.2) is 30.6 Å². The second-order valence-corrected chi connectivity index (χ2v) is 5.21. The summed E-state index contributed by atoms with van der Waals surface area (Å²) in [5.74, 6) is 1.35. The van der Waals surface area contributed by atoms with Crippen molar-refractivity contribution < 1.29 is 4.92 Å². The van der Waals surface area contributed by atoms with Gasteiger partial charge in [0.1, 0.15) is 11.5 Å². The van der Waals surface area contributed by atoms with Crippen molar-refractivity contribution in [2.45, 2.75) is 33.2 Å². The van der Waals surface area contributed by atoms with Crippen LogP contribution in [0.25, 0.3) is 0 Å². The van der Waals surface area contributed by atoms with Crippen LogP contribution in [0.4, 0.5) is 11.4 Å². The van der Waals surface area contributed by atoms with Crippen LogP contribution < -0.4 is 5.32 Å². The highest BCUT2D eigenvalue weighted by Gasteiger charge is 2.14. The summed E-state index contributed by atoms with van der Waals surface area (Å²) < 4.78 is 2.07. The van der Waals surface area contributed by atoms with Gasteiger partial charge in [0.25, 0.3) is 5.69 Å². The monoisotopic (exact) mass is 288 g/mol. The zero-order valence-corrected chi connectivity index (χ0v) is 12.5. The van der Waals surface area contributed by atoms with Crippen molar-refractivity contribution in [3.8, 4) is 0 Å². The summed E-state index contributed by atoms with van der Waals surface area (Å²) in [6.45, 7) is 7.41. The molecule has 21 heavy (non-hydrogen) atoms. The number of hydrogen-bond donors (Lipinski definition) is 1. The Labute approximate surface area is 124 Å². The Morgan fingerprint density at radius 3 is 2.81 bits per heavy atom. The van der Waals surface area contributed by atoms with Crippen LogP contribution in [0.1, 0.15) is 38.1 Å². The first-order valence-corrected chi connectivity index (χ1v) is 7.05. The molecule has 1 aromatic carbocycles. The van der Waals surface area contributed by atoms with Crippen molar-refractivity contribution in [2.75, 3.05) is 11.9 Å². The van der Waals surface area contributed by atoms with Crippen LogP contribution in [-0.4, -0.2) is 21.0 Å². The average molecular weight is 288 g/mol. The number of benzene rings is 1. The molecule has 0 aliphatic heterocycles. The van der Waals surface area contributed by atoms with Crippen LogP contribution in [0.3, 0.4) is 0 Å². The van der Waals surface area contributed by atoms with Gasteiger partial charge >= 0.3 is 0 Å². The lowest BCUT2D eigenvalue weighted by Gasteiger charge is -2.12. The first-order valence-electron chi connectivity index (χ1n) is 7.05. The number of nitrogens with zero attached hydrogens (tertiary/aromatic N) is 3. The number of aromatic nitrogens is 2.